The summed E-state index contributed by atoms with van der Waals surface area (Å²) in [4.78, 5) is 2.31. The summed E-state index contributed by atoms with van der Waals surface area (Å²) in [6, 6.07) is 17.2. The Morgan fingerprint density at radius 1 is 1.06 bits per heavy atom. The minimum atomic E-state index is -0.574. The lowest BCUT2D eigenvalue weighted by atomic mass is 9.98. The summed E-state index contributed by atoms with van der Waals surface area (Å²) < 4.78 is 19.1. The van der Waals surface area contributed by atoms with Crippen molar-refractivity contribution >= 4 is 0 Å². The Morgan fingerprint density at radius 2 is 1.80 bits per heavy atom. The second kappa shape index (κ2) is 12.8. The van der Waals surface area contributed by atoms with Crippen molar-refractivity contribution < 1.29 is 14.2 Å². The smallest absolute Gasteiger partial charge is 0.161 e. The predicted octanol–water partition coefficient (Wildman–Crippen LogP) is 4.63. The largest absolute Gasteiger partial charge is 0.487 e. The summed E-state index contributed by atoms with van der Waals surface area (Å²) in [7, 11) is 1.78. The number of hydrogen-bond donors (Lipinski definition) is 2. The number of rotatable bonds is 12. The summed E-state index contributed by atoms with van der Waals surface area (Å²) >= 11 is 0. The van der Waals surface area contributed by atoms with Crippen LogP contribution in [-0.4, -0.2) is 63.2 Å². The van der Waals surface area contributed by atoms with E-state index >= 15 is 0 Å². The van der Waals surface area contributed by atoms with Crippen molar-refractivity contribution in [3.8, 4) is 5.75 Å². The lowest BCUT2D eigenvalue weighted by Crippen LogP contribution is -2.63. The maximum absolute atomic E-state index is 6.47. The summed E-state index contributed by atoms with van der Waals surface area (Å²) in [6.07, 6.45) is -0.256. The van der Waals surface area contributed by atoms with Gasteiger partial charge in [0.25, 0.3) is 0 Å². The van der Waals surface area contributed by atoms with E-state index in [0.29, 0.717) is 31.7 Å². The second-order valence-electron chi connectivity index (χ2n) is 10.1. The fraction of sp³-hybridized carbons (Fsp3) is 0.586. The Morgan fingerprint density at radius 3 is 2.43 bits per heavy atom. The molecule has 6 nitrogen and oxygen atoms in total. The van der Waals surface area contributed by atoms with Gasteiger partial charge in [0.2, 0.25) is 0 Å². The molecule has 2 N–H and O–H groups in total. The first-order valence-corrected chi connectivity index (χ1v) is 13.0. The summed E-state index contributed by atoms with van der Waals surface area (Å²) in [5.41, 5.74) is 3.17. The van der Waals surface area contributed by atoms with Crippen LogP contribution >= 0.6 is 0 Å². The van der Waals surface area contributed by atoms with Crippen LogP contribution in [0.25, 0.3) is 0 Å². The van der Waals surface area contributed by atoms with E-state index in [1.54, 1.807) is 7.11 Å². The van der Waals surface area contributed by atoms with Crippen LogP contribution in [0.4, 0.5) is 0 Å². The lowest BCUT2D eigenvalue weighted by molar-refractivity contribution is -0.221. The third-order valence-corrected chi connectivity index (χ3v) is 6.80. The first-order chi connectivity index (χ1) is 16.8. The molecular weight excluding hydrogens is 438 g/mol. The molecule has 1 aliphatic rings. The van der Waals surface area contributed by atoms with E-state index in [0.717, 1.165) is 24.4 Å². The molecule has 3 rings (SSSR count). The van der Waals surface area contributed by atoms with Gasteiger partial charge in [-0.1, -0.05) is 64.1 Å². The molecule has 0 aromatic heterocycles. The van der Waals surface area contributed by atoms with Crippen molar-refractivity contribution in [3.63, 3.8) is 0 Å². The van der Waals surface area contributed by atoms with Crippen LogP contribution in [0.15, 0.2) is 48.5 Å². The van der Waals surface area contributed by atoms with Gasteiger partial charge in [-0.2, -0.15) is 0 Å². The van der Waals surface area contributed by atoms with Crippen molar-refractivity contribution in [1.82, 2.24) is 15.5 Å². The zero-order valence-electron chi connectivity index (χ0n) is 22.6. The van der Waals surface area contributed by atoms with E-state index < -0.39 is 5.72 Å². The van der Waals surface area contributed by atoms with Gasteiger partial charge in [0, 0.05) is 44.9 Å². The number of hydrogen-bond acceptors (Lipinski definition) is 6. The first-order valence-electron chi connectivity index (χ1n) is 13.0. The normalized spacial score (nSPS) is 20.8. The summed E-state index contributed by atoms with van der Waals surface area (Å²) in [6.45, 7) is 16.6. The molecule has 1 heterocycles. The molecule has 0 aliphatic carbocycles. The van der Waals surface area contributed by atoms with Gasteiger partial charge in [0.15, 0.2) is 5.72 Å². The fourth-order valence-corrected chi connectivity index (χ4v) is 4.89. The van der Waals surface area contributed by atoms with Gasteiger partial charge < -0.3 is 24.8 Å². The molecule has 2 aromatic carbocycles. The van der Waals surface area contributed by atoms with E-state index in [1.807, 2.05) is 6.07 Å². The van der Waals surface area contributed by atoms with Gasteiger partial charge in [-0.25, -0.2) is 4.90 Å². The van der Waals surface area contributed by atoms with E-state index in [1.165, 1.54) is 11.1 Å². The standard InChI is InChI=1S/C29H45N3O3/c1-21(2)28-14-13-26(17-23(28)5)35-27(18-31-22(3)4)19-34-24(6)32-16-15-30-20-29(32,33-7)25-11-9-8-10-12-25/h8-14,17,21-22,24,27,30-31H,15-16,18-20H2,1-7H3. The molecule has 3 atom stereocenters. The molecule has 0 spiro atoms. The van der Waals surface area contributed by atoms with Crippen molar-refractivity contribution in [2.24, 2.45) is 0 Å². The minimum absolute atomic E-state index is 0.110. The highest BCUT2D eigenvalue weighted by molar-refractivity contribution is 5.36. The summed E-state index contributed by atoms with van der Waals surface area (Å²) in [5, 5.41) is 7.01. The maximum Gasteiger partial charge on any atom is 0.161 e. The molecule has 6 heteroatoms. The molecule has 1 fully saturated rings. The highest BCUT2D eigenvalue weighted by atomic mass is 16.6. The summed E-state index contributed by atoms with van der Waals surface area (Å²) in [5.74, 6) is 1.38. The van der Waals surface area contributed by atoms with Gasteiger partial charge >= 0.3 is 0 Å². The molecule has 0 bridgehead atoms. The number of nitrogens with zero attached hydrogens (tertiary/aromatic N) is 1. The quantitative estimate of drug-likeness (QED) is 0.459. The van der Waals surface area contributed by atoms with Crippen LogP contribution in [-0.2, 0) is 15.2 Å². The number of nitrogens with one attached hydrogen (secondary N) is 2. The number of aryl methyl sites for hydroxylation is 1. The van der Waals surface area contributed by atoms with E-state index in [2.05, 4.69) is 99.5 Å². The zero-order valence-corrected chi connectivity index (χ0v) is 22.6. The molecule has 3 unspecified atom stereocenters. The number of benzene rings is 2. The van der Waals surface area contributed by atoms with Crippen LogP contribution in [0.1, 0.15) is 57.2 Å². The zero-order chi connectivity index (χ0) is 25.4. The number of methoxy groups -OCH3 is 1. The maximum atomic E-state index is 6.47. The monoisotopic (exact) mass is 483 g/mol. The van der Waals surface area contributed by atoms with Crippen molar-refractivity contribution in [1.29, 1.82) is 0 Å². The minimum Gasteiger partial charge on any atom is -0.487 e. The molecule has 194 valence electrons. The van der Waals surface area contributed by atoms with E-state index in [4.69, 9.17) is 14.2 Å². The van der Waals surface area contributed by atoms with Gasteiger partial charge in [0.05, 0.1) is 6.61 Å². The third kappa shape index (κ3) is 7.05. The Balaban J connectivity index is 1.72. The fourth-order valence-electron chi connectivity index (χ4n) is 4.89. The van der Waals surface area contributed by atoms with E-state index in [-0.39, 0.29) is 12.3 Å². The first kappa shape index (κ1) is 27.6. The van der Waals surface area contributed by atoms with Crippen LogP contribution in [0.5, 0.6) is 5.75 Å². The van der Waals surface area contributed by atoms with Gasteiger partial charge in [-0.3, -0.25) is 0 Å². The van der Waals surface area contributed by atoms with Crippen molar-refractivity contribution in [2.45, 2.75) is 71.6 Å². The van der Waals surface area contributed by atoms with Crippen molar-refractivity contribution in [3.05, 3.63) is 65.2 Å². The van der Waals surface area contributed by atoms with Gasteiger partial charge in [0.1, 0.15) is 18.1 Å². The van der Waals surface area contributed by atoms with Crippen LogP contribution in [0.2, 0.25) is 0 Å². The molecule has 0 amide bonds. The molecular formula is C29H45N3O3. The van der Waals surface area contributed by atoms with Crippen LogP contribution in [0.3, 0.4) is 0 Å². The van der Waals surface area contributed by atoms with Crippen molar-refractivity contribution in [2.75, 3.05) is 39.9 Å². The number of piperazine rings is 1. The molecule has 0 saturated carbocycles. The SMILES string of the molecule is COC1(c2ccccc2)CNCCN1C(C)OCC(CNC(C)C)Oc1ccc(C(C)C)c(C)c1. The second-order valence-corrected chi connectivity index (χ2v) is 10.1. The highest BCUT2D eigenvalue weighted by Crippen LogP contribution is 2.33. The van der Waals surface area contributed by atoms with Crippen LogP contribution in [0, 0.1) is 6.92 Å². The number of ether oxygens (including phenoxy) is 3. The molecule has 0 radical (unpaired) electrons. The van der Waals surface area contributed by atoms with Gasteiger partial charge in [-0.05, 0) is 43.0 Å². The Kier molecular flexibility index (Phi) is 10.1. The van der Waals surface area contributed by atoms with Gasteiger partial charge in [-0.15, -0.1) is 0 Å². The average Bonchev–Trinajstić information content (AvgIpc) is 2.85. The average molecular weight is 484 g/mol. The molecule has 35 heavy (non-hydrogen) atoms. The van der Waals surface area contributed by atoms with E-state index in [9.17, 15) is 0 Å². The van der Waals surface area contributed by atoms with Crippen LogP contribution < -0.4 is 15.4 Å². The Bertz CT molecular complexity index is 905. The highest BCUT2D eigenvalue weighted by Gasteiger charge is 2.43. The lowest BCUT2D eigenvalue weighted by Gasteiger charge is -2.49. The Labute approximate surface area is 212 Å². The molecule has 1 aliphatic heterocycles. The molecule has 1 saturated heterocycles. The molecule has 2 aromatic rings. The predicted molar refractivity (Wildman–Crippen MR) is 143 cm³/mol. The third-order valence-electron chi connectivity index (χ3n) is 6.80. The Hall–Kier alpha value is -1.96. The topological polar surface area (TPSA) is 55.0 Å².